The highest BCUT2D eigenvalue weighted by atomic mass is 16.5. The zero-order chi connectivity index (χ0) is 13.0. The Hall–Kier alpha value is -1.09. The number of aryl methyl sites for hydroxylation is 1. The Labute approximate surface area is 110 Å². The first-order valence-corrected chi connectivity index (χ1v) is 7.04. The molecular formula is C15H24N2O. The average molecular weight is 248 g/mol. The van der Waals surface area contributed by atoms with Gasteiger partial charge in [-0.25, -0.2) is 0 Å². The molecular weight excluding hydrogens is 224 g/mol. The molecule has 2 rings (SSSR count). The lowest BCUT2D eigenvalue weighted by Crippen LogP contribution is -2.24. The van der Waals surface area contributed by atoms with Crippen LogP contribution in [0.2, 0.25) is 0 Å². The average Bonchev–Trinajstić information content (AvgIpc) is 2.29. The Morgan fingerprint density at radius 1 is 1.44 bits per heavy atom. The van der Waals surface area contributed by atoms with Gasteiger partial charge in [0.1, 0.15) is 5.75 Å². The van der Waals surface area contributed by atoms with E-state index >= 15 is 0 Å². The van der Waals surface area contributed by atoms with E-state index in [1.807, 2.05) is 19.1 Å². The summed E-state index contributed by atoms with van der Waals surface area (Å²) in [6, 6.07) is 4.22. The van der Waals surface area contributed by atoms with Crippen molar-refractivity contribution in [1.29, 1.82) is 0 Å². The maximum atomic E-state index is 6.02. The minimum absolute atomic E-state index is 0.172. The number of pyridine rings is 1. The molecule has 18 heavy (non-hydrogen) atoms. The zero-order valence-corrected chi connectivity index (χ0v) is 11.5. The SMILES string of the molecule is CCC(N)Cc1nc(C)ccc1OCC1CCC1. The molecule has 1 unspecified atom stereocenters. The Kier molecular flexibility index (Phi) is 4.59. The van der Waals surface area contributed by atoms with Crippen molar-refractivity contribution in [2.45, 2.75) is 52.0 Å². The Morgan fingerprint density at radius 2 is 2.22 bits per heavy atom. The van der Waals surface area contributed by atoms with Gasteiger partial charge in [-0.2, -0.15) is 0 Å². The highest BCUT2D eigenvalue weighted by Crippen LogP contribution is 2.28. The van der Waals surface area contributed by atoms with Crippen LogP contribution < -0.4 is 10.5 Å². The maximum Gasteiger partial charge on any atom is 0.140 e. The van der Waals surface area contributed by atoms with E-state index in [9.17, 15) is 0 Å². The number of hydrogen-bond donors (Lipinski definition) is 1. The van der Waals surface area contributed by atoms with Gasteiger partial charge < -0.3 is 10.5 Å². The van der Waals surface area contributed by atoms with Crippen molar-refractivity contribution in [1.82, 2.24) is 4.98 Å². The lowest BCUT2D eigenvalue weighted by Gasteiger charge is -2.25. The zero-order valence-electron chi connectivity index (χ0n) is 11.5. The van der Waals surface area contributed by atoms with Gasteiger partial charge in [0.05, 0.1) is 12.3 Å². The Bertz CT molecular complexity index is 388. The van der Waals surface area contributed by atoms with Crippen LogP contribution in [0.25, 0.3) is 0 Å². The monoisotopic (exact) mass is 248 g/mol. The van der Waals surface area contributed by atoms with Crippen LogP contribution in [-0.2, 0) is 6.42 Å². The summed E-state index contributed by atoms with van der Waals surface area (Å²) >= 11 is 0. The lowest BCUT2D eigenvalue weighted by molar-refractivity contribution is 0.178. The fourth-order valence-corrected chi connectivity index (χ4v) is 2.14. The summed E-state index contributed by atoms with van der Waals surface area (Å²) in [6.07, 6.45) is 5.75. The molecule has 2 N–H and O–H groups in total. The second-order valence-corrected chi connectivity index (χ2v) is 5.38. The van der Waals surface area contributed by atoms with Gasteiger partial charge in [0.25, 0.3) is 0 Å². The molecule has 0 bridgehead atoms. The number of rotatable bonds is 6. The normalized spacial score (nSPS) is 17.3. The molecule has 0 amide bonds. The number of hydrogen-bond acceptors (Lipinski definition) is 3. The number of nitrogens with two attached hydrogens (primary N) is 1. The lowest BCUT2D eigenvalue weighted by atomic mass is 9.86. The molecule has 0 spiro atoms. The smallest absolute Gasteiger partial charge is 0.140 e. The number of nitrogens with zero attached hydrogens (tertiary/aromatic N) is 1. The van der Waals surface area contributed by atoms with Crippen molar-refractivity contribution >= 4 is 0 Å². The van der Waals surface area contributed by atoms with Crippen molar-refractivity contribution < 1.29 is 4.74 Å². The molecule has 0 saturated heterocycles. The molecule has 1 aromatic rings. The van der Waals surface area contributed by atoms with E-state index in [1.165, 1.54) is 19.3 Å². The Balaban J connectivity index is 2.01. The number of ether oxygens (including phenoxy) is 1. The third kappa shape index (κ3) is 3.45. The van der Waals surface area contributed by atoms with Crippen molar-refractivity contribution in [2.24, 2.45) is 11.7 Å². The molecule has 0 aromatic carbocycles. The molecule has 3 heteroatoms. The molecule has 1 aromatic heterocycles. The van der Waals surface area contributed by atoms with Gasteiger partial charge in [-0.3, -0.25) is 4.98 Å². The molecule has 3 nitrogen and oxygen atoms in total. The van der Waals surface area contributed by atoms with E-state index < -0.39 is 0 Å². The summed E-state index contributed by atoms with van der Waals surface area (Å²) in [4.78, 5) is 4.58. The van der Waals surface area contributed by atoms with Crippen molar-refractivity contribution in [3.63, 3.8) is 0 Å². The van der Waals surface area contributed by atoms with Gasteiger partial charge in [-0.05, 0) is 44.2 Å². The van der Waals surface area contributed by atoms with E-state index in [4.69, 9.17) is 10.5 Å². The standard InChI is InChI=1S/C15H24N2O/c1-3-13(16)9-14-15(8-7-11(2)17-14)18-10-12-5-4-6-12/h7-8,12-13H,3-6,9-10,16H2,1-2H3. The van der Waals surface area contributed by atoms with Gasteiger partial charge in [0.2, 0.25) is 0 Å². The molecule has 0 radical (unpaired) electrons. The van der Waals surface area contributed by atoms with E-state index in [-0.39, 0.29) is 6.04 Å². The molecule has 1 heterocycles. The van der Waals surface area contributed by atoms with Gasteiger partial charge >= 0.3 is 0 Å². The summed E-state index contributed by atoms with van der Waals surface area (Å²) in [7, 11) is 0. The van der Waals surface area contributed by atoms with Crippen LogP contribution in [0.15, 0.2) is 12.1 Å². The summed E-state index contributed by atoms with van der Waals surface area (Å²) in [5.74, 6) is 1.68. The van der Waals surface area contributed by atoms with Crippen molar-refractivity contribution in [2.75, 3.05) is 6.61 Å². The predicted octanol–water partition coefficient (Wildman–Crippen LogP) is 2.85. The third-order valence-electron chi connectivity index (χ3n) is 3.75. The molecule has 1 aliphatic carbocycles. The summed E-state index contributed by atoms with van der Waals surface area (Å²) in [6.45, 7) is 4.95. The second-order valence-electron chi connectivity index (χ2n) is 5.38. The highest BCUT2D eigenvalue weighted by Gasteiger charge is 2.19. The highest BCUT2D eigenvalue weighted by molar-refractivity contribution is 5.30. The van der Waals surface area contributed by atoms with Gasteiger partial charge in [-0.1, -0.05) is 13.3 Å². The predicted molar refractivity (Wildman–Crippen MR) is 73.8 cm³/mol. The largest absolute Gasteiger partial charge is 0.491 e. The van der Waals surface area contributed by atoms with Crippen LogP contribution >= 0.6 is 0 Å². The van der Waals surface area contributed by atoms with Crippen LogP contribution in [0.5, 0.6) is 5.75 Å². The van der Waals surface area contributed by atoms with Crippen molar-refractivity contribution in [3.05, 3.63) is 23.5 Å². The van der Waals surface area contributed by atoms with E-state index in [2.05, 4.69) is 11.9 Å². The maximum absolute atomic E-state index is 6.02. The minimum atomic E-state index is 0.172. The minimum Gasteiger partial charge on any atom is -0.491 e. The quantitative estimate of drug-likeness (QED) is 0.842. The van der Waals surface area contributed by atoms with Crippen LogP contribution in [0.1, 0.15) is 44.0 Å². The number of aromatic nitrogens is 1. The second kappa shape index (κ2) is 6.19. The van der Waals surface area contributed by atoms with Gasteiger partial charge in [0.15, 0.2) is 0 Å². The van der Waals surface area contributed by atoms with Crippen molar-refractivity contribution in [3.8, 4) is 5.75 Å². The summed E-state index contributed by atoms with van der Waals surface area (Å²) < 4.78 is 5.92. The summed E-state index contributed by atoms with van der Waals surface area (Å²) in [5, 5.41) is 0. The summed E-state index contributed by atoms with van der Waals surface area (Å²) in [5.41, 5.74) is 8.07. The molecule has 1 atom stereocenters. The van der Waals surface area contributed by atoms with Gasteiger partial charge in [-0.15, -0.1) is 0 Å². The van der Waals surface area contributed by atoms with Crippen LogP contribution in [0, 0.1) is 12.8 Å². The van der Waals surface area contributed by atoms with E-state index in [0.29, 0.717) is 0 Å². The Morgan fingerprint density at radius 3 is 2.83 bits per heavy atom. The molecule has 0 aliphatic heterocycles. The first-order chi connectivity index (χ1) is 8.69. The van der Waals surface area contributed by atoms with Crippen LogP contribution in [-0.4, -0.2) is 17.6 Å². The third-order valence-corrected chi connectivity index (χ3v) is 3.75. The molecule has 100 valence electrons. The van der Waals surface area contributed by atoms with Crippen LogP contribution in [0.4, 0.5) is 0 Å². The first-order valence-electron chi connectivity index (χ1n) is 7.04. The first kappa shape index (κ1) is 13.3. The molecule has 1 saturated carbocycles. The van der Waals surface area contributed by atoms with E-state index in [1.54, 1.807) is 0 Å². The molecule has 1 aliphatic rings. The topological polar surface area (TPSA) is 48.1 Å². The van der Waals surface area contributed by atoms with Crippen LogP contribution in [0.3, 0.4) is 0 Å². The fourth-order valence-electron chi connectivity index (χ4n) is 2.14. The fraction of sp³-hybridized carbons (Fsp3) is 0.667. The van der Waals surface area contributed by atoms with Gasteiger partial charge in [0, 0.05) is 18.2 Å². The van der Waals surface area contributed by atoms with E-state index in [0.717, 1.165) is 42.5 Å². The molecule has 1 fully saturated rings.